The molecule has 1 aliphatic carbocycles. The maximum Gasteiger partial charge on any atom is 0.109 e. The maximum atomic E-state index is 10.8. The SMILES string of the molecule is CCOC1(C(O)c2csc(C)c2)CCC(C)(C)CC1. The number of aryl methyl sites for hydroxylation is 1. The van der Waals surface area contributed by atoms with Crippen molar-refractivity contribution in [3.05, 3.63) is 21.9 Å². The zero-order chi connectivity index (χ0) is 14.1. The summed E-state index contributed by atoms with van der Waals surface area (Å²) >= 11 is 1.70. The Morgan fingerprint density at radius 3 is 2.42 bits per heavy atom. The van der Waals surface area contributed by atoms with Crippen molar-refractivity contribution in [1.82, 2.24) is 0 Å². The minimum absolute atomic E-state index is 0.377. The molecular weight excluding hydrogens is 256 g/mol. The van der Waals surface area contributed by atoms with Gasteiger partial charge < -0.3 is 9.84 Å². The second-order valence-corrected chi connectivity index (χ2v) is 7.67. The van der Waals surface area contributed by atoms with Gasteiger partial charge in [0.2, 0.25) is 0 Å². The van der Waals surface area contributed by atoms with Gasteiger partial charge in [-0.1, -0.05) is 13.8 Å². The average Bonchev–Trinajstić information content (AvgIpc) is 2.78. The normalized spacial score (nSPS) is 23.2. The van der Waals surface area contributed by atoms with E-state index in [1.807, 2.05) is 6.92 Å². The maximum absolute atomic E-state index is 10.8. The molecule has 0 amide bonds. The molecule has 19 heavy (non-hydrogen) atoms. The fourth-order valence-electron chi connectivity index (χ4n) is 3.04. The number of ether oxygens (including phenoxy) is 1. The van der Waals surface area contributed by atoms with Gasteiger partial charge in [-0.3, -0.25) is 0 Å². The Balaban J connectivity index is 2.20. The van der Waals surface area contributed by atoms with E-state index in [-0.39, 0.29) is 5.60 Å². The van der Waals surface area contributed by atoms with E-state index < -0.39 is 6.10 Å². The number of aliphatic hydroxyl groups is 1. The summed E-state index contributed by atoms with van der Waals surface area (Å²) in [5.41, 5.74) is 1.03. The van der Waals surface area contributed by atoms with E-state index in [4.69, 9.17) is 4.74 Å². The summed E-state index contributed by atoms with van der Waals surface area (Å²) in [7, 11) is 0. The van der Waals surface area contributed by atoms with Crippen LogP contribution in [0.15, 0.2) is 11.4 Å². The highest BCUT2D eigenvalue weighted by atomic mass is 32.1. The van der Waals surface area contributed by atoms with Crippen LogP contribution in [0.1, 0.15) is 63.0 Å². The Morgan fingerprint density at radius 2 is 1.95 bits per heavy atom. The largest absolute Gasteiger partial charge is 0.385 e. The van der Waals surface area contributed by atoms with Crippen molar-refractivity contribution in [2.24, 2.45) is 5.41 Å². The lowest BCUT2D eigenvalue weighted by Gasteiger charge is -2.45. The van der Waals surface area contributed by atoms with Gasteiger partial charge in [0, 0.05) is 11.5 Å². The molecule has 1 atom stereocenters. The molecule has 1 aromatic rings. The first-order valence-corrected chi connectivity index (χ1v) is 8.14. The van der Waals surface area contributed by atoms with Crippen LogP contribution in [0, 0.1) is 12.3 Å². The van der Waals surface area contributed by atoms with Crippen molar-refractivity contribution < 1.29 is 9.84 Å². The summed E-state index contributed by atoms with van der Waals surface area (Å²) in [5.74, 6) is 0. The molecule has 1 fully saturated rings. The van der Waals surface area contributed by atoms with Crippen LogP contribution < -0.4 is 0 Å². The van der Waals surface area contributed by atoms with E-state index in [1.165, 1.54) is 4.88 Å². The van der Waals surface area contributed by atoms with Gasteiger partial charge in [-0.2, -0.15) is 0 Å². The highest BCUT2D eigenvalue weighted by Crippen LogP contribution is 2.48. The number of thiophene rings is 1. The van der Waals surface area contributed by atoms with Crippen molar-refractivity contribution in [3.63, 3.8) is 0 Å². The number of aliphatic hydroxyl groups excluding tert-OH is 1. The van der Waals surface area contributed by atoms with Gasteiger partial charge >= 0.3 is 0 Å². The topological polar surface area (TPSA) is 29.5 Å². The fraction of sp³-hybridized carbons (Fsp3) is 0.750. The first-order chi connectivity index (χ1) is 8.88. The molecule has 0 bridgehead atoms. The molecule has 3 heteroatoms. The van der Waals surface area contributed by atoms with E-state index in [0.717, 1.165) is 31.2 Å². The third-order valence-corrected chi connectivity index (χ3v) is 5.33. The summed E-state index contributed by atoms with van der Waals surface area (Å²) in [5, 5.41) is 12.9. The molecular formula is C16H26O2S. The summed E-state index contributed by atoms with van der Waals surface area (Å²) in [4.78, 5) is 1.25. The average molecular weight is 282 g/mol. The summed E-state index contributed by atoms with van der Waals surface area (Å²) < 4.78 is 6.04. The summed E-state index contributed by atoms with van der Waals surface area (Å²) in [6.07, 6.45) is 3.64. The van der Waals surface area contributed by atoms with Crippen LogP contribution >= 0.6 is 11.3 Å². The molecule has 108 valence electrons. The first kappa shape index (κ1) is 15.0. The monoisotopic (exact) mass is 282 g/mol. The molecule has 0 saturated heterocycles. The Bertz CT molecular complexity index is 412. The minimum atomic E-state index is -0.492. The van der Waals surface area contributed by atoms with Gasteiger partial charge in [0.25, 0.3) is 0 Å². The summed E-state index contributed by atoms with van der Waals surface area (Å²) in [6.45, 7) is 9.39. The predicted molar refractivity (Wildman–Crippen MR) is 80.6 cm³/mol. The van der Waals surface area contributed by atoms with Crippen molar-refractivity contribution >= 4 is 11.3 Å². The quantitative estimate of drug-likeness (QED) is 0.883. The minimum Gasteiger partial charge on any atom is -0.385 e. The molecule has 1 aromatic heterocycles. The van der Waals surface area contributed by atoms with Crippen LogP contribution in [0.3, 0.4) is 0 Å². The van der Waals surface area contributed by atoms with Gasteiger partial charge in [0.1, 0.15) is 6.10 Å². The van der Waals surface area contributed by atoms with E-state index in [0.29, 0.717) is 12.0 Å². The van der Waals surface area contributed by atoms with Crippen LogP contribution in [0.4, 0.5) is 0 Å². The van der Waals surface area contributed by atoms with Crippen LogP contribution in [-0.4, -0.2) is 17.3 Å². The molecule has 2 rings (SSSR count). The highest BCUT2D eigenvalue weighted by Gasteiger charge is 2.44. The molecule has 0 spiro atoms. The van der Waals surface area contributed by atoms with E-state index >= 15 is 0 Å². The lowest BCUT2D eigenvalue weighted by Crippen LogP contribution is -2.44. The van der Waals surface area contributed by atoms with Crippen molar-refractivity contribution in [1.29, 1.82) is 0 Å². The van der Waals surface area contributed by atoms with Crippen molar-refractivity contribution in [2.75, 3.05) is 6.61 Å². The van der Waals surface area contributed by atoms with Crippen LogP contribution in [0.5, 0.6) is 0 Å². The number of rotatable bonds is 4. The lowest BCUT2D eigenvalue weighted by atomic mass is 9.68. The smallest absolute Gasteiger partial charge is 0.109 e. The second-order valence-electron chi connectivity index (χ2n) is 6.56. The third-order valence-electron chi connectivity index (χ3n) is 4.45. The number of hydrogen-bond donors (Lipinski definition) is 1. The Kier molecular flexibility index (Phi) is 4.38. The lowest BCUT2D eigenvalue weighted by molar-refractivity contribution is -0.153. The Labute approximate surface area is 120 Å². The summed E-state index contributed by atoms with van der Waals surface area (Å²) in [6, 6.07) is 2.09. The Morgan fingerprint density at radius 1 is 1.32 bits per heavy atom. The predicted octanol–water partition coefficient (Wildman–Crippen LogP) is 4.47. The molecule has 1 unspecified atom stereocenters. The number of hydrogen-bond acceptors (Lipinski definition) is 3. The molecule has 1 aliphatic rings. The van der Waals surface area contributed by atoms with Crippen LogP contribution in [-0.2, 0) is 4.74 Å². The van der Waals surface area contributed by atoms with E-state index in [9.17, 15) is 5.11 Å². The van der Waals surface area contributed by atoms with Crippen LogP contribution in [0.2, 0.25) is 0 Å². The fourth-order valence-corrected chi connectivity index (χ4v) is 3.77. The molecule has 0 aliphatic heterocycles. The van der Waals surface area contributed by atoms with Crippen LogP contribution in [0.25, 0.3) is 0 Å². The molecule has 1 saturated carbocycles. The molecule has 1 N–H and O–H groups in total. The van der Waals surface area contributed by atoms with Crippen molar-refractivity contribution in [3.8, 4) is 0 Å². The molecule has 1 heterocycles. The molecule has 2 nitrogen and oxygen atoms in total. The van der Waals surface area contributed by atoms with E-state index in [2.05, 4.69) is 32.2 Å². The van der Waals surface area contributed by atoms with Gasteiger partial charge in [0.15, 0.2) is 0 Å². The van der Waals surface area contributed by atoms with Gasteiger partial charge in [-0.05, 0) is 62.0 Å². The van der Waals surface area contributed by atoms with Gasteiger partial charge in [-0.15, -0.1) is 11.3 Å². The second kappa shape index (κ2) is 5.55. The zero-order valence-corrected chi connectivity index (χ0v) is 13.3. The van der Waals surface area contributed by atoms with Crippen molar-refractivity contribution in [2.45, 2.75) is 65.1 Å². The first-order valence-electron chi connectivity index (χ1n) is 7.26. The van der Waals surface area contributed by atoms with Gasteiger partial charge in [0.05, 0.1) is 5.60 Å². The third kappa shape index (κ3) is 3.21. The van der Waals surface area contributed by atoms with Gasteiger partial charge in [-0.25, -0.2) is 0 Å². The molecule has 0 aromatic carbocycles. The Hall–Kier alpha value is -0.380. The molecule has 0 radical (unpaired) electrons. The van der Waals surface area contributed by atoms with E-state index in [1.54, 1.807) is 11.3 Å². The zero-order valence-electron chi connectivity index (χ0n) is 12.5. The standard InChI is InChI=1S/C16H26O2S/c1-5-18-16(8-6-15(3,4)7-9-16)14(17)13-10-12(2)19-11-13/h10-11,14,17H,5-9H2,1-4H3. The highest BCUT2D eigenvalue weighted by molar-refractivity contribution is 7.10.